The lowest BCUT2D eigenvalue weighted by molar-refractivity contribution is 1.31. The highest BCUT2D eigenvalue weighted by Crippen LogP contribution is 2.32. The molecule has 4 rings (SSSR count). The van der Waals surface area contributed by atoms with Crippen molar-refractivity contribution in [2.24, 2.45) is 0 Å². The van der Waals surface area contributed by atoms with Crippen LogP contribution in [0.3, 0.4) is 0 Å². The zero-order chi connectivity index (χ0) is 13.7. The lowest BCUT2D eigenvalue weighted by Gasteiger charge is -2.01. The summed E-state index contributed by atoms with van der Waals surface area (Å²) < 4.78 is 3.92. The lowest BCUT2D eigenvalue weighted by Crippen LogP contribution is -1.77. The van der Waals surface area contributed by atoms with Crippen molar-refractivity contribution in [1.29, 1.82) is 0 Å². The number of rotatable bonds is 1. The highest BCUT2D eigenvalue weighted by Gasteiger charge is 2.06. The molecule has 0 N–H and O–H groups in total. The summed E-state index contributed by atoms with van der Waals surface area (Å²) in [5, 5.41) is 0. The van der Waals surface area contributed by atoms with Gasteiger partial charge in [-0.15, -0.1) is 47.9 Å². The van der Waals surface area contributed by atoms with Gasteiger partial charge in [0.05, 0.1) is 20.4 Å². The molecule has 2 heterocycles. The molecular formula is C14H8N2S4. The first-order valence-electron chi connectivity index (χ1n) is 5.88. The van der Waals surface area contributed by atoms with Crippen LogP contribution in [0.2, 0.25) is 0 Å². The number of benzene rings is 2. The second-order valence-corrected chi connectivity index (χ2v) is 7.87. The van der Waals surface area contributed by atoms with Crippen LogP contribution in [0.25, 0.3) is 31.6 Å². The van der Waals surface area contributed by atoms with Gasteiger partial charge in [0.15, 0.2) is 0 Å². The van der Waals surface area contributed by atoms with Crippen molar-refractivity contribution in [1.82, 2.24) is 9.97 Å². The molecule has 0 bridgehead atoms. The van der Waals surface area contributed by atoms with E-state index in [4.69, 9.17) is 0 Å². The Bertz CT molecular complexity index is 861. The van der Waals surface area contributed by atoms with E-state index in [9.17, 15) is 0 Å². The van der Waals surface area contributed by atoms with Crippen molar-refractivity contribution < 1.29 is 0 Å². The summed E-state index contributed by atoms with van der Waals surface area (Å²) >= 11 is 11.8. The molecule has 0 saturated heterocycles. The van der Waals surface area contributed by atoms with Crippen LogP contribution in [0.4, 0.5) is 0 Å². The highest BCUT2D eigenvalue weighted by molar-refractivity contribution is 7.83. The van der Waals surface area contributed by atoms with Crippen LogP contribution in [0, 0.1) is 0 Å². The van der Waals surface area contributed by atoms with Crippen LogP contribution in [-0.4, -0.2) is 9.97 Å². The maximum Gasteiger partial charge on any atom is 0.148 e. The fourth-order valence-electron chi connectivity index (χ4n) is 2.18. The molecule has 98 valence electrons. The standard InChI is InChI=1S/C14H8N2S4/c17-13-15-9-3-1-7(5-11(9)19-13)8-2-4-10-12(6-8)20-14(18)16-10/h1-6H,(H,15,17)(H,16,18). The third kappa shape index (κ3) is 2.13. The Morgan fingerprint density at radius 1 is 0.700 bits per heavy atom. The molecule has 4 aromatic rings. The minimum absolute atomic E-state index is 0.801. The quantitative estimate of drug-likeness (QED) is 0.471. The van der Waals surface area contributed by atoms with E-state index in [0.717, 1.165) is 29.1 Å². The van der Waals surface area contributed by atoms with E-state index in [1.807, 2.05) is 12.1 Å². The van der Waals surface area contributed by atoms with Gasteiger partial charge in [-0.1, -0.05) is 12.1 Å². The molecule has 20 heavy (non-hydrogen) atoms. The van der Waals surface area contributed by atoms with Crippen LogP contribution in [0.1, 0.15) is 0 Å². The molecule has 0 spiro atoms. The summed E-state index contributed by atoms with van der Waals surface area (Å²) in [7, 11) is 0. The lowest BCUT2D eigenvalue weighted by atomic mass is 10.1. The van der Waals surface area contributed by atoms with Gasteiger partial charge in [-0.3, -0.25) is 0 Å². The third-order valence-corrected chi connectivity index (χ3v) is 5.48. The van der Waals surface area contributed by atoms with Crippen LogP contribution >= 0.6 is 47.9 Å². The van der Waals surface area contributed by atoms with Crippen molar-refractivity contribution in [2.75, 3.05) is 0 Å². The summed E-state index contributed by atoms with van der Waals surface area (Å²) in [4.78, 5) is 8.73. The number of thiol groups is 2. The summed E-state index contributed by atoms with van der Waals surface area (Å²) in [6.45, 7) is 0. The Morgan fingerprint density at radius 2 is 1.15 bits per heavy atom. The van der Waals surface area contributed by atoms with Gasteiger partial charge in [-0.05, 0) is 35.4 Å². The van der Waals surface area contributed by atoms with Crippen molar-refractivity contribution >= 4 is 68.4 Å². The van der Waals surface area contributed by atoms with E-state index in [2.05, 4.69) is 59.5 Å². The summed E-state index contributed by atoms with van der Waals surface area (Å²) in [5.41, 5.74) is 4.37. The number of aromatic nitrogens is 2. The number of fused-ring (bicyclic) bond motifs is 2. The molecule has 2 aromatic carbocycles. The largest absolute Gasteiger partial charge is 0.230 e. The van der Waals surface area contributed by atoms with Gasteiger partial charge in [0.25, 0.3) is 0 Å². The Morgan fingerprint density at radius 3 is 1.60 bits per heavy atom. The summed E-state index contributed by atoms with van der Waals surface area (Å²) in [5.74, 6) is 0. The van der Waals surface area contributed by atoms with Crippen molar-refractivity contribution in [3.8, 4) is 11.1 Å². The van der Waals surface area contributed by atoms with E-state index < -0.39 is 0 Å². The first kappa shape index (κ1) is 12.6. The van der Waals surface area contributed by atoms with Crippen molar-refractivity contribution in [3.05, 3.63) is 36.4 Å². The Kier molecular flexibility index (Phi) is 2.99. The average molecular weight is 333 g/mol. The minimum Gasteiger partial charge on any atom is -0.230 e. The van der Waals surface area contributed by atoms with Crippen molar-refractivity contribution in [3.63, 3.8) is 0 Å². The molecule has 2 aromatic heterocycles. The maximum atomic E-state index is 4.37. The molecule has 0 fully saturated rings. The fourth-order valence-corrected chi connectivity index (χ4v) is 4.48. The molecule has 0 aliphatic carbocycles. The average Bonchev–Trinajstić information content (AvgIpc) is 2.97. The second kappa shape index (κ2) is 4.73. The number of nitrogens with zero attached hydrogens (tertiary/aromatic N) is 2. The van der Waals surface area contributed by atoms with Crippen molar-refractivity contribution in [2.45, 2.75) is 8.68 Å². The first-order chi connectivity index (χ1) is 9.69. The van der Waals surface area contributed by atoms with Crippen LogP contribution in [-0.2, 0) is 0 Å². The van der Waals surface area contributed by atoms with E-state index in [1.165, 1.54) is 11.1 Å². The second-order valence-electron chi connectivity index (χ2n) is 4.36. The maximum absolute atomic E-state index is 4.37. The molecule has 0 amide bonds. The predicted molar refractivity (Wildman–Crippen MR) is 92.7 cm³/mol. The number of hydrogen-bond donors (Lipinski definition) is 2. The van der Waals surface area contributed by atoms with Gasteiger partial charge in [0.1, 0.15) is 8.68 Å². The third-order valence-electron chi connectivity index (χ3n) is 3.09. The number of thiazole rings is 2. The zero-order valence-corrected chi connectivity index (χ0v) is 13.5. The predicted octanol–water partition coefficient (Wildman–Crippen LogP) is 5.15. The van der Waals surface area contributed by atoms with Crippen LogP contribution in [0.15, 0.2) is 45.1 Å². The van der Waals surface area contributed by atoms with Gasteiger partial charge in [-0.25, -0.2) is 9.97 Å². The molecular weight excluding hydrogens is 324 g/mol. The van der Waals surface area contributed by atoms with Gasteiger partial charge >= 0.3 is 0 Å². The smallest absolute Gasteiger partial charge is 0.148 e. The number of hydrogen-bond acceptors (Lipinski definition) is 6. The van der Waals surface area contributed by atoms with Gasteiger partial charge in [0.2, 0.25) is 0 Å². The molecule has 0 unspecified atom stereocenters. The van der Waals surface area contributed by atoms with Gasteiger partial charge in [-0.2, -0.15) is 0 Å². The molecule has 0 aliphatic heterocycles. The highest BCUT2D eigenvalue weighted by atomic mass is 32.2. The molecule has 0 radical (unpaired) electrons. The Balaban J connectivity index is 1.90. The van der Waals surface area contributed by atoms with Gasteiger partial charge in [0, 0.05) is 0 Å². The Hall–Kier alpha value is -1.08. The molecule has 0 atom stereocenters. The molecule has 6 heteroatoms. The monoisotopic (exact) mass is 332 g/mol. The first-order valence-corrected chi connectivity index (χ1v) is 8.41. The molecule has 2 nitrogen and oxygen atoms in total. The van der Waals surface area contributed by atoms with E-state index >= 15 is 0 Å². The Labute approximate surface area is 134 Å². The summed E-state index contributed by atoms with van der Waals surface area (Å²) in [6.07, 6.45) is 0. The topological polar surface area (TPSA) is 25.8 Å². The molecule has 0 saturated carbocycles. The van der Waals surface area contributed by atoms with E-state index in [0.29, 0.717) is 0 Å². The van der Waals surface area contributed by atoms with E-state index in [-0.39, 0.29) is 0 Å². The summed E-state index contributed by atoms with van der Waals surface area (Å²) in [6, 6.07) is 12.6. The van der Waals surface area contributed by atoms with Gasteiger partial charge < -0.3 is 0 Å². The fraction of sp³-hybridized carbons (Fsp3) is 0. The van der Waals surface area contributed by atoms with E-state index in [1.54, 1.807) is 22.7 Å². The molecule has 0 aliphatic rings. The SMILES string of the molecule is Sc1nc2ccc(-c3ccc4nc(S)sc4c3)cc2s1. The zero-order valence-electron chi connectivity index (χ0n) is 10.1. The van der Waals surface area contributed by atoms with Crippen LogP contribution < -0.4 is 0 Å². The normalized spacial score (nSPS) is 11.5. The minimum atomic E-state index is 0.801. The van der Waals surface area contributed by atoms with Crippen LogP contribution in [0.5, 0.6) is 0 Å².